The highest BCUT2D eigenvalue weighted by molar-refractivity contribution is 6.01. The van der Waals surface area contributed by atoms with Gasteiger partial charge in [0.25, 0.3) is 11.7 Å². The van der Waals surface area contributed by atoms with E-state index in [9.17, 15) is 18.0 Å². The van der Waals surface area contributed by atoms with Gasteiger partial charge in [-0.2, -0.15) is 23.3 Å². The standard InChI is InChI=1S/C19H16F3N7O/c1-10-7-12(3)28-18(23-10)25-16(27-28)17(30)24-15-8-11(2)26-29(15)14-6-4-5-13(9-14)19(20,21)22/h4-9H,1-3H3,(H,24,30). The molecule has 1 amide bonds. The van der Waals surface area contributed by atoms with Crippen LogP contribution in [0.1, 0.15) is 33.3 Å². The highest BCUT2D eigenvalue weighted by Crippen LogP contribution is 2.31. The molecule has 0 radical (unpaired) electrons. The van der Waals surface area contributed by atoms with Gasteiger partial charge in [0.15, 0.2) is 0 Å². The number of halogens is 3. The Morgan fingerprint density at radius 1 is 1.00 bits per heavy atom. The zero-order valence-electron chi connectivity index (χ0n) is 16.2. The fraction of sp³-hybridized carbons (Fsp3) is 0.211. The predicted molar refractivity (Wildman–Crippen MR) is 102 cm³/mol. The zero-order chi connectivity index (χ0) is 21.6. The van der Waals surface area contributed by atoms with Gasteiger partial charge in [-0.1, -0.05) is 6.07 Å². The molecule has 1 N–H and O–H groups in total. The van der Waals surface area contributed by atoms with Crippen LogP contribution in [0.3, 0.4) is 0 Å². The van der Waals surface area contributed by atoms with Gasteiger partial charge in [0.2, 0.25) is 5.82 Å². The van der Waals surface area contributed by atoms with E-state index in [1.807, 2.05) is 6.92 Å². The second kappa shape index (κ2) is 6.94. The number of anilines is 1. The highest BCUT2D eigenvalue weighted by atomic mass is 19.4. The summed E-state index contributed by atoms with van der Waals surface area (Å²) in [6.07, 6.45) is -4.49. The van der Waals surface area contributed by atoms with E-state index in [0.29, 0.717) is 5.69 Å². The van der Waals surface area contributed by atoms with Crippen LogP contribution < -0.4 is 5.32 Å². The van der Waals surface area contributed by atoms with Crippen molar-refractivity contribution in [3.63, 3.8) is 0 Å². The Kier molecular flexibility index (Phi) is 4.52. The molecule has 30 heavy (non-hydrogen) atoms. The molecule has 0 saturated heterocycles. The maximum absolute atomic E-state index is 13.1. The fourth-order valence-electron chi connectivity index (χ4n) is 3.03. The molecule has 1 aromatic carbocycles. The van der Waals surface area contributed by atoms with E-state index in [2.05, 4.69) is 25.5 Å². The molecule has 0 saturated carbocycles. The van der Waals surface area contributed by atoms with E-state index in [1.165, 1.54) is 21.3 Å². The summed E-state index contributed by atoms with van der Waals surface area (Å²) in [5.74, 6) is -0.284. The average molecular weight is 415 g/mol. The maximum Gasteiger partial charge on any atom is 0.416 e. The Bertz CT molecular complexity index is 1270. The van der Waals surface area contributed by atoms with Crippen LogP contribution in [0.4, 0.5) is 19.0 Å². The number of benzene rings is 1. The largest absolute Gasteiger partial charge is 0.416 e. The molecule has 154 valence electrons. The first-order valence-corrected chi connectivity index (χ1v) is 8.88. The van der Waals surface area contributed by atoms with Crippen LogP contribution in [0.2, 0.25) is 0 Å². The first-order valence-electron chi connectivity index (χ1n) is 8.88. The number of rotatable bonds is 3. The SMILES string of the molecule is Cc1cc(C)n2nc(C(=O)Nc3cc(C)nn3-c3cccc(C(F)(F)F)c3)nc2n1. The summed E-state index contributed by atoms with van der Waals surface area (Å²) >= 11 is 0. The van der Waals surface area contributed by atoms with Crippen LogP contribution in [-0.4, -0.2) is 35.3 Å². The van der Waals surface area contributed by atoms with Crippen molar-refractivity contribution in [1.82, 2.24) is 29.4 Å². The number of carbonyl (C=O) groups is 1. The minimum Gasteiger partial charge on any atom is -0.304 e. The van der Waals surface area contributed by atoms with Gasteiger partial charge in [-0.15, -0.1) is 5.10 Å². The van der Waals surface area contributed by atoms with E-state index in [4.69, 9.17) is 0 Å². The molecule has 0 atom stereocenters. The highest BCUT2D eigenvalue weighted by Gasteiger charge is 2.30. The summed E-state index contributed by atoms with van der Waals surface area (Å²) in [7, 11) is 0. The molecular weight excluding hydrogens is 399 g/mol. The smallest absolute Gasteiger partial charge is 0.304 e. The molecule has 3 heterocycles. The second-order valence-electron chi connectivity index (χ2n) is 6.77. The quantitative estimate of drug-likeness (QED) is 0.553. The van der Waals surface area contributed by atoms with Crippen molar-refractivity contribution < 1.29 is 18.0 Å². The third-order valence-corrected chi connectivity index (χ3v) is 4.31. The average Bonchev–Trinajstić information content (AvgIpc) is 3.25. The minimum absolute atomic E-state index is 0.120. The van der Waals surface area contributed by atoms with Crippen molar-refractivity contribution >= 4 is 17.5 Å². The number of alkyl halides is 3. The molecule has 0 fully saturated rings. The van der Waals surface area contributed by atoms with Gasteiger partial charge in [0, 0.05) is 17.5 Å². The van der Waals surface area contributed by atoms with E-state index in [1.54, 1.807) is 26.0 Å². The molecule has 0 aliphatic rings. The number of nitrogens with one attached hydrogen (secondary N) is 1. The zero-order valence-corrected chi connectivity index (χ0v) is 16.2. The Balaban J connectivity index is 1.68. The first-order chi connectivity index (χ1) is 14.1. The molecule has 0 unspecified atom stereocenters. The molecule has 0 aliphatic heterocycles. The third-order valence-electron chi connectivity index (χ3n) is 4.31. The van der Waals surface area contributed by atoms with Crippen molar-refractivity contribution in [3.05, 3.63) is 64.9 Å². The third kappa shape index (κ3) is 3.61. The number of fused-ring (bicyclic) bond motifs is 1. The number of amides is 1. The Labute approximate surface area is 168 Å². The lowest BCUT2D eigenvalue weighted by Crippen LogP contribution is -2.17. The number of aromatic nitrogens is 6. The van der Waals surface area contributed by atoms with Crippen molar-refractivity contribution in [3.8, 4) is 5.69 Å². The van der Waals surface area contributed by atoms with Gasteiger partial charge >= 0.3 is 6.18 Å². The monoisotopic (exact) mass is 415 g/mol. The number of aryl methyl sites for hydroxylation is 3. The summed E-state index contributed by atoms with van der Waals surface area (Å²) in [6, 6.07) is 8.02. The van der Waals surface area contributed by atoms with Crippen LogP contribution in [0.15, 0.2) is 36.4 Å². The lowest BCUT2D eigenvalue weighted by molar-refractivity contribution is -0.137. The summed E-state index contributed by atoms with van der Waals surface area (Å²) in [6.45, 7) is 5.28. The number of carbonyl (C=O) groups excluding carboxylic acids is 1. The predicted octanol–water partition coefficient (Wildman–Crippen LogP) is 3.51. The van der Waals surface area contributed by atoms with Crippen LogP contribution in [0.25, 0.3) is 11.5 Å². The van der Waals surface area contributed by atoms with Gasteiger partial charge in [-0.3, -0.25) is 4.79 Å². The van der Waals surface area contributed by atoms with E-state index < -0.39 is 17.6 Å². The topological polar surface area (TPSA) is 90.0 Å². The lowest BCUT2D eigenvalue weighted by atomic mass is 10.2. The molecule has 4 rings (SSSR count). The van der Waals surface area contributed by atoms with E-state index in [-0.39, 0.29) is 23.1 Å². The van der Waals surface area contributed by atoms with Crippen LogP contribution in [0, 0.1) is 20.8 Å². The Morgan fingerprint density at radius 3 is 2.50 bits per heavy atom. The summed E-state index contributed by atoms with van der Waals surface area (Å²) in [5.41, 5.74) is 1.35. The van der Waals surface area contributed by atoms with Crippen molar-refractivity contribution in [1.29, 1.82) is 0 Å². The van der Waals surface area contributed by atoms with Gasteiger partial charge in [0.1, 0.15) is 5.82 Å². The summed E-state index contributed by atoms with van der Waals surface area (Å²) < 4.78 is 41.8. The number of hydrogen-bond acceptors (Lipinski definition) is 5. The van der Waals surface area contributed by atoms with Crippen LogP contribution in [-0.2, 0) is 6.18 Å². The molecule has 8 nitrogen and oxygen atoms in total. The lowest BCUT2D eigenvalue weighted by Gasteiger charge is -2.11. The normalized spacial score (nSPS) is 11.8. The van der Waals surface area contributed by atoms with Crippen LogP contribution in [0.5, 0.6) is 0 Å². The van der Waals surface area contributed by atoms with Crippen molar-refractivity contribution in [2.45, 2.75) is 26.9 Å². The molecule has 0 bridgehead atoms. The van der Waals surface area contributed by atoms with Crippen molar-refractivity contribution in [2.75, 3.05) is 5.32 Å². The van der Waals surface area contributed by atoms with Gasteiger partial charge < -0.3 is 5.32 Å². The van der Waals surface area contributed by atoms with E-state index >= 15 is 0 Å². The maximum atomic E-state index is 13.1. The minimum atomic E-state index is -4.49. The summed E-state index contributed by atoms with van der Waals surface area (Å²) in [4.78, 5) is 21.1. The van der Waals surface area contributed by atoms with Gasteiger partial charge in [-0.05, 0) is 45.0 Å². The number of hydrogen-bond donors (Lipinski definition) is 1. The first kappa shape index (κ1) is 19.6. The second-order valence-corrected chi connectivity index (χ2v) is 6.77. The Hall–Kier alpha value is -3.76. The molecule has 3 aromatic heterocycles. The van der Waals surface area contributed by atoms with Gasteiger partial charge in [-0.25, -0.2) is 14.2 Å². The number of nitrogens with zero attached hydrogens (tertiary/aromatic N) is 6. The molecule has 0 spiro atoms. The van der Waals surface area contributed by atoms with Crippen molar-refractivity contribution in [2.24, 2.45) is 0 Å². The van der Waals surface area contributed by atoms with Gasteiger partial charge in [0.05, 0.1) is 16.9 Å². The Morgan fingerprint density at radius 2 is 1.77 bits per heavy atom. The molecule has 0 aliphatic carbocycles. The summed E-state index contributed by atoms with van der Waals surface area (Å²) in [5, 5.41) is 11.0. The fourth-order valence-corrected chi connectivity index (χ4v) is 3.03. The molecular formula is C19H16F3N7O. The van der Waals surface area contributed by atoms with E-state index in [0.717, 1.165) is 23.5 Å². The molecule has 11 heteroatoms. The molecule has 4 aromatic rings. The van der Waals surface area contributed by atoms with Crippen LogP contribution >= 0.6 is 0 Å².